The highest BCUT2D eigenvalue weighted by Crippen LogP contribution is 2.37. The van der Waals surface area contributed by atoms with Crippen molar-refractivity contribution in [1.29, 1.82) is 0 Å². The van der Waals surface area contributed by atoms with Gasteiger partial charge in [-0.1, -0.05) is 6.07 Å². The minimum atomic E-state index is -0.393. The highest BCUT2D eigenvalue weighted by molar-refractivity contribution is 5.41. The van der Waals surface area contributed by atoms with Gasteiger partial charge >= 0.3 is 0 Å². The van der Waals surface area contributed by atoms with Crippen LogP contribution in [0, 0.1) is 0 Å². The summed E-state index contributed by atoms with van der Waals surface area (Å²) in [6.45, 7) is 2.15. The Hall–Kier alpha value is -1.10. The molecule has 21 heavy (non-hydrogen) atoms. The first-order chi connectivity index (χ1) is 10.1. The number of methoxy groups -OCH3 is 1. The van der Waals surface area contributed by atoms with E-state index in [9.17, 15) is 5.11 Å². The summed E-state index contributed by atoms with van der Waals surface area (Å²) >= 11 is 0. The average Bonchev–Trinajstić information content (AvgIpc) is 2.84. The van der Waals surface area contributed by atoms with Gasteiger partial charge in [0.2, 0.25) is 0 Å². The van der Waals surface area contributed by atoms with Crippen molar-refractivity contribution in [3.63, 3.8) is 0 Å². The summed E-state index contributed by atoms with van der Waals surface area (Å²) < 4.78 is 5.29. The fraction of sp³-hybridized carbons (Fsp3) is 0.647. The maximum absolute atomic E-state index is 10.7. The maximum Gasteiger partial charge on any atom is 0.119 e. The van der Waals surface area contributed by atoms with Crippen LogP contribution in [0.2, 0.25) is 0 Å². The standard InChI is InChI=1S/C17H26N2O2/c1-18(2)13-5-4-8-19(11-13)16-9-12-6-7-14(21-3)10-15(12)17(16)20/h6-7,10,13,16-17,20H,4-5,8-9,11H2,1-3H3. The highest BCUT2D eigenvalue weighted by Gasteiger charge is 2.37. The lowest BCUT2D eigenvalue weighted by Crippen LogP contribution is -2.50. The topological polar surface area (TPSA) is 35.9 Å². The molecule has 3 atom stereocenters. The van der Waals surface area contributed by atoms with Crippen LogP contribution in [-0.4, -0.2) is 61.3 Å². The molecule has 1 aliphatic carbocycles. The number of likely N-dealkylation sites (N-methyl/N-ethyl adjacent to an activating group) is 1. The third-order valence-corrected chi connectivity index (χ3v) is 5.09. The number of fused-ring (bicyclic) bond motifs is 1. The molecule has 1 N–H and O–H groups in total. The van der Waals surface area contributed by atoms with E-state index in [1.54, 1.807) is 7.11 Å². The highest BCUT2D eigenvalue weighted by atomic mass is 16.5. The summed E-state index contributed by atoms with van der Waals surface area (Å²) in [6.07, 6.45) is 3.02. The predicted molar refractivity (Wildman–Crippen MR) is 83.7 cm³/mol. The van der Waals surface area contributed by atoms with E-state index in [0.29, 0.717) is 6.04 Å². The lowest BCUT2D eigenvalue weighted by Gasteiger charge is -2.40. The Morgan fingerprint density at radius 3 is 2.86 bits per heavy atom. The molecule has 4 nitrogen and oxygen atoms in total. The maximum atomic E-state index is 10.7. The zero-order chi connectivity index (χ0) is 15.0. The van der Waals surface area contributed by atoms with Gasteiger partial charge in [0.25, 0.3) is 0 Å². The van der Waals surface area contributed by atoms with Gasteiger partial charge in [-0.15, -0.1) is 0 Å². The first-order valence-corrected chi connectivity index (χ1v) is 7.85. The number of ether oxygens (including phenoxy) is 1. The fourth-order valence-corrected chi connectivity index (χ4v) is 3.74. The molecule has 1 aromatic rings. The molecule has 3 rings (SSSR count). The van der Waals surface area contributed by atoms with Crippen molar-refractivity contribution in [2.24, 2.45) is 0 Å². The Kier molecular flexibility index (Phi) is 4.20. The molecule has 1 aliphatic heterocycles. The number of hydrogen-bond acceptors (Lipinski definition) is 4. The second-order valence-electron chi connectivity index (χ2n) is 6.54. The fourth-order valence-electron chi connectivity index (χ4n) is 3.74. The van der Waals surface area contributed by atoms with Crippen molar-refractivity contribution in [3.05, 3.63) is 29.3 Å². The summed E-state index contributed by atoms with van der Waals surface area (Å²) in [5.74, 6) is 0.832. The predicted octanol–water partition coefficient (Wildman–Crippen LogP) is 1.68. The summed E-state index contributed by atoms with van der Waals surface area (Å²) in [7, 11) is 5.98. The van der Waals surface area contributed by atoms with Crippen molar-refractivity contribution in [2.45, 2.75) is 37.5 Å². The number of piperidine rings is 1. The molecule has 116 valence electrons. The van der Waals surface area contributed by atoms with Crippen LogP contribution in [-0.2, 0) is 6.42 Å². The quantitative estimate of drug-likeness (QED) is 0.919. The zero-order valence-electron chi connectivity index (χ0n) is 13.2. The van der Waals surface area contributed by atoms with Crippen LogP contribution in [0.5, 0.6) is 5.75 Å². The lowest BCUT2D eigenvalue weighted by molar-refractivity contribution is 0.0266. The lowest BCUT2D eigenvalue weighted by atomic mass is 10.0. The van der Waals surface area contributed by atoms with E-state index in [2.05, 4.69) is 30.0 Å². The molecule has 0 spiro atoms. The van der Waals surface area contributed by atoms with Crippen molar-refractivity contribution in [3.8, 4) is 5.75 Å². The van der Waals surface area contributed by atoms with Crippen molar-refractivity contribution in [1.82, 2.24) is 9.80 Å². The smallest absolute Gasteiger partial charge is 0.119 e. The second kappa shape index (κ2) is 5.95. The molecule has 0 saturated carbocycles. The van der Waals surface area contributed by atoms with Gasteiger partial charge in [-0.2, -0.15) is 0 Å². The number of aliphatic hydroxyl groups excluding tert-OH is 1. The Labute approximate surface area is 127 Å². The van der Waals surface area contributed by atoms with Crippen LogP contribution in [0.4, 0.5) is 0 Å². The van der Waals surface area contributed by atoms with E-state index in [0.717, 1.165) is 30.8 Å². The van der Waals surface area contributed by atoms with Crippen molar-refractivity contribution >= 4 is 0 Å². The number of nitrogens with zero attached hydrogens (tertiary/aromatic N) is 2. The summed E-state index contributed by atoms with van der Waals surface area (Å²) in [5.41, 5.74) is 2.31. The molecule has 1 saturated heterocycles. The molecule has 4 heteroatoms. The Bertz CT molecular complexity index is 504. The summed E-state index contributed by atoms with van der Waals surface area (Å²) in [5, 5.41) is 10.7. The van der Waals surface area contributed by atoms with Crippen LogP contribution in [0.15, 0.2) is 18.2 Å². The van der Waals surface area contributed by atoms with Gasteiger partial charge in [0, 0.05) is 18.6 Å². The molecule has 0 amide bonds. The Morgan fingerprint density at radius 1 is 1.33 bits per heavy atom. The average molecular weight is 290 g/mol. The van der Waals surface area contributed by atoms with Crippen LogP contribution >= 0.6 is 0 Å². The Balaban J connectivity index is 1.76. The van der Waals surface area contributed by atoms with Gasteiger partial charge in [0.15, 0.2) is 0 Å². The van der Waals surface area contributed by atoms with E-state index in [1.807, 2.05) is 12.1 Å². The summed E-state index contributed by atoms with van der Waals surface area (Å²) in [4.78, 5) is 4.79. The molecular formula is C17H26N2O2. The van der Waals surface area contributed by atoms with Crippen LogP contribution in [0.3, 0.4) is 0 Å². The summed E-state index contributed by atoms with van der Waals surface area (Å²) in [6, 6.07) is 6.91. The number of aliphatic hydroxyl groups is 1. The van der Waals surface area contributed by atoms with E-state index < -0.39 is 6.10 Å². The van der Waals surface area contributed by atoms with Crippen LogP contribution in [0.1, 0.15) is 30.1 Å². The second-order valence-corrected chi connectivity index (χ2v) is 6.54. The van der Waals surface area contributed by atoms with Crippen LogP contribution in [0.25, 0.3) is 0 Å². The molecule has 3 unspecified atom stereocenters. The Morgan fingerprint density at radius 2 is 2.14 bits per heavy atom. The van der Waals surface area contributed by atoms with Gasteiger partial charge in [-0.05, 0) is 63.2 Å². The van der Waals surface area contributed by atoms with Gasteiger partial charge in [-0.25, -0.2) is 0 Å². The van der Waals surface area contributed by atoms with Gasteiger partial charge < -0.3 is 14.7 Å². The molecule has 0 radical (unpaired) electrons. The van der Waals surface area contributed by atoms with E-state index >= 15 is 0 Å². The van der Waals surface area contributed by atoms with Gasteiger partial charge in [-0.3, -0.25) is 4.90 Å². The van der Waals surface area contributed by atoms with E-state index in [-0.39, 0.29) is 6.04 Å². The van der Waals surface area contributed by atoms with E-state index in [1.165, 1.54) is 18.4 Å². The first-order valence-electron chi connectivity index (χ1n) is 7.85. The number of benzene rings is 1. The molecule has 0 aromatic heterocycles. The first kappa shape index (κ1) is 14.8. The SMILES string of the molecule is COc1ccc2c(c1)C(O)C(N1CCCC(N(C)C)C1)C2. The molecule has 1 fully saturated rings. The molecule has 1 heterocycles. The normalized spacial score (nSPS) is 29.7. The van der Waals surface area contributed by atoms with Crippen molar-refractivity contribution in [2.75, 3.05) is 34.3 Å². The third kappa shape index (κ3) is 2.80. The van der Waals surface area contributed by atoms with E-state index in [4.69, 9.17) is 4.74 Å². The van der Waals surface area contributed by atoms with Gasteiger partial charge in [0.1, 0.15) is 5.75 Å². The third-order valence-electron chi connectivity index (χ3n) is 5.09. The van der Waals surface area contributed by atoms with Crippen LogP contribution < -0.4 is 4.74 Å². The molecule has 1 aromatic carbocycles. The zero-order valence-corrected chi connectivity index (χ0v) is 13.2. The number of hydrogen-bond donors (Lipinski definition) is 1. The minimum absolute atomic E-state index is 0.217. The van der Waals surface area contributed by atoms with Gasteiger partial charge in [0.05, 0.1) is 13.2 Å². The minimum Gasteiger partial charge on any atom is -0.497 e. The monoisotopic (exact) mass is 290 g/mol. The largest absolute Gasteiger partial charge is 0.497 e. The van der Waals surface area contributed by atoms with Crippen molar-refractivity contribution < 1.29 is 9.84 Å². The molecule has 0 bridgehead atoms. The number of likely N-dealkylation sites (tertiary alicyclic amines) is 1. The molecule has 2 aliphatic rings. The number of rotatable bonds is 3. The molecular weight excluding hydrogens is 264 g/mol.